The zero-order valence-electron chi connectivity index (χ0n) is 8.00. The van der Waals surface area contributed by atoms with Crippen molar-refractivity contribution in [2.75, 3.05) is 0 Å². The Morgan fingerprint density at radius 3 is 1.77 bits per heavy atom. The monoisotopic (exact) mass is 172 g/mol. The molecule has 0 aliphatic heterocycles. The SMILES string of the molecule is C1=CCCC(CC2=CC=CCC2)=C1. The van der Waals surface area contributed by atoms with E-state index in [0.29, 0.717) is 0 Å². The fourth-order valence-corrected chi connectivity index (χ4v) is 1.89. The quantitative estimate of drug-likeness (QED) is 0.592. The van der Waals surface area contributed by atoms with E-state index < -0.39 is 0 Å². The molecule has 0 aromatic rings. The maximum atomic E-state index is 2.28. The molecule has 13 heavy (non-hydrogen) atoms. The molecule has 68 valence electrons. The van der Waals surface area contributed by atoms with E-state index in [9.17, 15) is 0 Å². The molecule has 0 radical (unpaired) electrons. The molecule has 0 aromatic carbocycles. The van der Waals surface area contributed by atoms with E-state index in [0.717, 1.165) is 0 Å². The number of hydrogen-bond acceptors (Lipinski definition) is 0. The van der Waals surface area contributed by atoms with Gasteiger partial charge in [0.25, 0.3) is 0 Å². The van der Waals surface area contributed by atoms with Crippen LogP contribution >= 0.6 is 0 Å². The molecular formula is C13H16. The first-order chi connectivity index (χ1) is 6.45. The van der Waals surface area contributed by atoms with E-state index in [-0.39, 0.29) is 0 Å². The standard InChI is InChI=1S/C13H16/c1-3-7-12(8-4-1)11-13-9-5-2-6-10-13/h1-3,5,7,9H,4,6,8,10-11H2. The topological polar surface area (TPSA) is 0 Å². The number of rotatable bonds is 2. The van der Waals surface area contributed by atoms with Gasteiger partial charge >= 0.3 is 0 Å². The predicted octanol–water partition coefficient (Wildman–Crippen LogP) is 3.93. The lowest BCUT2D eigenvalue weighted by Gasteiger charge is -2.13. The van der Waals surface area contributed by atoms with Gasteiger partial charge < -0.3 is 0 Å². The summed E-state index contributed by atoms with van der Waals surface area (Å²) < 4.78 is 0. The van der Waals surface area contributed by atoms with Crippen molar-refractivity contribution in [3.8, 4) is 0 Å². The van der Waals surface area contributed by atoms with Gasteiger partial charge in [-0.3, -0.25) is 0 Å². The molecule has 0 heterocycles. The third-order valence-corrected chi connectivity index (χ3v) is 2.65. The highest BCUT2D eigenvalue weighted by Gasteiger charge is 2.04. The van der Waals surface area contributed by atoms with Crippen molar-refractivity contribution in [3.63, 3.8) is 0 Å². The lowest BCUT2D eigenvalue weighted by molar-refractivity contribution is 0.849. The molecule has 0 nitrogen and oxygen atoms in total. The molecule has 0 saturated carbocycles. The van der Waals surface area contributed by atoms with Gasteiger partial charge in [0.1, 0.15) is 0 Å². The highest BCUT2D eigenvalue weighted by atomic mass is 14.1. The Balaban J connectivity index is 1.96. The van der Waals surface area contributed by atoms with Crippen LogP contribution in [0.3, 0.4) is 0 Å². The Bertz CT molecular complexity index is 257. The van der Waals surface area contributed by atoms with Gasteiger partial charge in [0.2, 0.25) is 0 Å². The molecule has 0 amide bonds. The van der Waals surface area contributed by atoms with Gasteiger partial charge in [-0.1, -0.05) is 47.6 Å². The van der Waals surface area contributed by atoms with Gasteiger partial charge in [-0.15, -0.1) is 0 Å². The van der Waals surface area contributed by atoms with Gasteiger partial charge in [-0.25, -0.2) is 0 Å². The maximum absolute atomic E-state index is 2.28. The van der Waals surface area contributed by atoms with Crippen molar-refractivity contribution in [1.29, 1.82) is 0 Å². The van der Waals surface area contributed by atoms with Crippen LogP contribution in [0.1, 0.15) is 32.1 Å². The summed E-state index contributed by atoms with van der Waals surface area (Å²) >= 11 is 0. The average molecular weight is 172 g/mol. The molecule has 2 aliphatic rings. The molecule has 0 heteroatoms. The van der Waals surface area contributed by atoms with Gasteiger partial charge in [0, 0.05) is 0 Å². The van der Waals surface area contributed by atoms with Crippen LogP contribution in [0.4, 0.5) is 0 Å². The third-order valence-electron chi connectivity index (χ3n) is 2.65. The van der Waals surface area contributed by atoms with Crippen molar-refractivity contribution in [3.05, 3.63) is 47.6 Å². The largest absolute Gasteiger partial charge is 0.0842 e. The van der Waals surface area contributed by atoms with Crippen LogP contribution in [0.15, 0.2) is 47.6 Å². The zero-order valence-corrected chi connectivity index (χ0v) is 8.00. The Labute approximate surface area is 80.3 Å². The van der Waals surface area contributed by atoms with E-state index in [1.54, 1.807) is 11.1 Å². The molecule has 0 aromatic heterocycles. The highest BCUT2D eigenvalue weighted by molar-refractivity contribution is 5.27. The van der Waals surface area contributed by atoms with Crippen LogP contribution in [-0.4, -0.2) is 0 Å². The van der Waals surface area contributed by atoms with Crippen LogP contribution in [0.25, 0.3) is 0 Å². The normalized spacial score (nSPS) is 21.2. The van der Waals surface area contributed by atoms with Crippen LogP contribution in [-0.2, 0) is 0 Å². The first-order valence-corrected chi connectivity index (χ1v) is 5.14. The van der Waals surface area contributed by atoms with Crippen molar-refractivity contribution >= 4 is 0 Å². The molecule has 0 spiro atoms. The van der Waals surface area contributed by atoms with Crippen LogP contribution in [0, 0.1) is 0 Å². The number of hydrogen-bond donors (Lipinski definition) is 0. The first kappa shape index (κ1) is 8.55. The Kier molecular flexibility index (Phi) is 2.81. The van der Waals surface area contributed by atoms with Gasteiger partial charge in [0.15, 0.2) is 0 Å². The fraction of sp³-hybridized carbons (Fsp3) is 0.385. The summed E-state index contributed by atoms with van der Waals surface area (Å²) in [5.74, 6) is 0. The van der Waals surface area contributed by atoms with E-state index in [2.05, 4.69) is 36.5 Å². The van der Waals surface area contributed by atoms with Crippen molar-refractivity contribution in [2.24, 2.45) is 0 Å². The predicted molar refractivity (Wildman–Crippen MR) is 57.5 cm³/mol. The second-order valence-corrected chi connectivity index (χ2v) is 3.76. The van der Waals surface area contributed by atoms with Crippen LogP contribution in [0.5, 0.6) is 0 Å². The van der Waals surface area contributed by atoms with Crippen molar-refractivity contribution in [1.82, 2.24) is 0 Å². The average Bonchev–Trinajstić information content (AvgIpc) is 2.21. The minimum Gasteiger partial charge on any atom is -0.0842 e. The Hall–Kier alpha value is -1.04. The number of allylic oxidation sites excluding steroid dienone is 8. The van der Waals surface area contributed by atoms with Crippen LogP contribution < -0.4 is 0 Å². The summed E-state index contributed by atoms with van der Waals surface area (Å²) in [6.45, 7) is 0. The van der Waals surface area contributed by atoms with Gasteiger partial charge in [-0.05, 0) is 32.1 Å². The first-order valence-electron chi connectivity index (χ1n) is 5.14. The summed E-state index contributed by atoms with van der Waals surface area (Å²) in [5.41, 5.74) is 3.20. The summed E-state index contributed by atoms with van der Waals surface area (Å²) in [4.78, 5) is 0. The minimum atomic E-state index is 1.20. The van der Waals surface area contributed by atoms with Gasteiger partial charge in [-0.2, -0.15) is 0 Å². The molecule has 0 atom stereocenters. The Morgan fingerprint density at radius 1 is 0.846 bits per heavy atom. The van der Waals surface area contributed by atoms with Crippen LogP contribution in [0.2, 0.25) is 0 Å². The van der Waals surface area contributed by atoms with E-state index in [1.807, 2.05) is 0 Å². The zero-order chi connectivity index (χ0) is 8.93. The smallest absolute Gasteiger partial charge is 0.0102 e. The Morgan fingerprint density at radius 2 is 1.38 bits per heavy atom. The molecular weight excluding hydrogens is 156 g/mol. The molecule has 0 unspecified atom stereocenters. The van der Waals surface area contributed by atoms with Crippen molar-refractivity contribution in [2.45, 2.75) is 32.1 Å². The van der Waals surface area contributed by atoms with E-state index in [1.165, 1.54) is 32.1 Å². The molecule has 0 saturated heterocycles. The molecule has 0 bridgehead atoms. The molecule has 0 N–H and O–H groups in total. The van der Waals surface area contributed by atoms with E-state index in [4.69, 9.17) is 0 Å². The minimum absolute atomic E-state index is 1.20. The lowest BCUT2D eigenvalue weighted by atomic mass is 9.93. The van der Waals surface area contributed by atoms with Crippen molar-refractivity contribution < 1.29 is 0 Å². The summed E-state index contributed by atoms with van der Waals surface area (Å²) in [6.07, 6.45) is 19.6. The second-order valence-electron chi connectivity index (χ2n) is 3.76. The summed E-state index contributed by atoms with van der Waals surface area (Å²) in [6, 6.07) is 0. The molecule has 2 aliphatic carbocycles. The van der Waals surface area contributed by atoms with Gasteiger partial charge in [0.05, 0.1) is 0 Å². The highest BCUT2D eigenvalue weighted by Crippen LogP contribution is 2.24. The van der Waals surface area contributed by atoms with E-state index >= 15 is 0 Å². The maximum Gasteiger partial charge on any atom is -0.0102 e. The summed E-state index contributed by atoms with van der Waals surface area (Å²) in [5, 5.41) is 0. The molecule has 0 fully saturated rings. The second kappa shape index (κ2) is 4.27. The molecule has 2 rings (SSSR count). The fourth-order valence-electron chi connectivity index (χ4n) is 1.89. The third kappa shape index (κ3) is 2.45. The summed E-state index contributed by atoms with van der Waals surface area (Å²) in [7, 11) is 0. The lowest BCUT2D eigenvalue weighted by Crippen LogP contribution is -1.93.